The lowest BCUT2D eigenvalue weighted by atomic mass is 9.79. The molecule has 1 unspecified atom stereocenters. The Morgan fingerprint density at radius 1 is 1.47 bits per heavy atom. The summed E-state index contributed by atoms with van der Waals surface area (Å²) in [4.78, 5) is 13.3. The second kappa shape index (κ2) is 7.65. The Hall–Kier alpha value is -0.870. The SMILES string of the molecule is CCC(CC)(CCO)CNC(=O)C(C)c1cccs1. The maximum atomic E-state index is 12.2. The van der Waals surface area contributed by atoms with Crippen LogP contribution >= 0.6 is 11.3 Å². The van der Waals surface area contributed by atoms with Gasteiger partial charge in [0.15, 0.2) is 0 Å². The number of hydrogen-bond acceptors (Lipinski definition) is 3. The first kappa shape index (κ1) is 16.2. The van der Waals surface area contributed by atoms with Crippen molar-refractivity contribution in [3.8, 4) is 0 Å². The predicted octanol–water partition coefficient (Wildman–Crippen LogP) is 3.16. The molecule has 0 aliphatic heterocycles. The lowest BCUT2D eigenvalue weighted by Gasteiger charge is -2.31. The number of carbonyl (C=O) groups is 1. The lowest BCUT2D eigenvalue weighted by Crippen LogP contribution is -2.39. The van der Waals surface area contributed by atoms with Crippen LogP contribution in [0.1, 0.15) is 50.8 Å². The van der Waals surface area contributed by atoms with Crippen LogP contribution < -0.4 is 5.32 Å². The summed E-state index contributed by atoms with van der Waals surface area (Å²) in [6.07, 6.45) is 2.68. The fourth-order valence-electron chi connectivity index (χ4n) is 2.27. The summed E-state index contributed by atoms with van der Waals surface area (Å²) in [5.41, 5.74) is 0.0274. The Kier molecular flexibility index (Phi) is 6.52. The van der Waals surface area contributed by atoms with Gasteiger partial charge >= 0.3 is 0 Å². The maximum Gasteiger partial charge on any atom is 0.228 e. The fraction of sp³-hybridized carbons (Fsp3) is 0.667. The Balaban J connectivity index is 2.57. The van der Waals surface area contributed by atoms with E-state index in [4.69, 9.17) is 0 Å². The van der Waals surface area contributed by atoms with Crippen LogP contribution in [0.15, 0.2) is 17.5 Å². The molecule has 1 rings (SSSR count). The Labute approximate surface area is 120 Å². The summed E-state index contributed by atoms with van der Waals surface area (Å²) in [5, 5.41) is 14.2. The van der Waals surface area contributed by atoms with Crippen molar-refractivity contribution in [3.05, 3.63) is 22.4 Å². The molecule has 0 radical (unpaired) electrons. The molecule has 1 aromatic heterocycles. The van der Waals surface area contributed by atoms with E-state index in [1.54, 1.807) is 11.3 Å². The number of carbonyl (C=O) groups excluding carboxylic acids is 1. The second-order valence-electron chi connectivity index (χ2n) is 5.14. The maximum absolute atomic E-state index is 12.2. The van der Waals surface area contributed by atoms with E-state index >= 15 is 0 Å². The zero-order valence-electron chi connectivity index (χ0n) is 12.1. The van der Waals surface area contributed by atoms with Gasteiger partial charge in [-0.1, -0.05) is 19.9 Å². The number of aliphatic hydroxyl groups excluding tert-OH is 1. The van der Waals surface area contributed by atoms with E-state index in [-0.39, 0.29) is 23.8 Å². The lowest BCUT2D eigenvalue weighted by molar-refractivity contribution is -0.122. The van der Waals surface area contributed by atoms with E-state index in [9.17, 15) is 9.90 Å². The summed E-state index contributed by atoms with van der Waals surface area (Å²) >= 11 is 1.61. The molecule has 1 heterocycles. The van der Waals surface area contributed by atoms with Gasteiger partial charge in [-0.25, -0.2) is 0 Å². The molecule has 0 saturated heterocycles. The normalized spacial score (nSPS) is 13.3. The van der Waals surface area contributed by atoms with Crippen molar-refractivity contribution < 1.29 is 9.90 Å². The van der Waals surface area contributed by atoms with E-state index in [0.29, 0.717) is 6.54 Å². The van der Waals surface area contributed by atoms with E-state index in [1.165, 1.54) is 0 Å². The minimum Gasteiger partial charge on any atom is -0.396 e. The van der Waals surface area contributed by atoms with Crippen molar-refractivity contribution in [2.45, 2.75) is 46.0 Å². The van der Waals surface area contributed by atoms with Crippen LogP contribution in [0.4, 0.5) is 0 Å². The first-order valence-electron chi connectivity index (χ1n) is 7.00. The average molecular weight is 283 g/mol. The van der Waals surface area contributed by atoms with Gasteiger partial charge in [-0.3, -0.25) is 4.79 Å². The minimum atomic E-state index is -0.0967. The van der Waals surface area contributed by atoms with Crippen LogP contribution in [0.25, 0.3) is 0 Å². The molecule has 0 spiro atoms. The van der Waals surface area contributed by atoms with E-state index < -0.39 is 0 Å². The molecule has 0 fully saturated rings. The summed E-state index contributed by atoms with van der Waals surface area (Å²) in [5.74, 6) is -0.0211. The van der Waals surface area contributed by atoms with Gasteiger partial charge in [-0.15, -0.1) is 11.3 Å². The molecule has 108 valence electrons. The Morgan fingerprint density at radius 2 is 2.16 bits per heavy atom. The first-order chi connectivity index (χ1) is 9.08. The molecule has 2 N–H and O–H groups in total. The summed E-state index contributed by atoms with van der Waals surface area (Å²) < 4.78 is 0. The molecule has 1 aromatic rings. The highest BCUT2D eigenvalue weighted by Crippen LogP contribution is 2.30. The van der Waals surface area contributed by atoms with Crippen molar-refractivity contribution >= 4 is 17.2 Å². The topological polar surface area (TPSA) is 49.3 Å². The number of amides is 1. The van der Waals surface area contributed by atoms with Gasteiger partial charge in [-0.2, -0.15) is 0 Å². The number of rotatable bonds is 8. The largest absolute Gasteiger partial charge is 0.396 e. The number of aliphatic hydroxyl groups is 1. The summed E-state index contributed by atoms with van der Waals surface area (Å²) in [6, 6.07) is 3.97. The molecule has 0 saturated carbocycles. The molecule has 0 bridgehead atoms. The average Bonchev–Trinajstić information content (AvgIpc) is 2.96. The van der Waals surface area contributed by atoms with Crippen molar-refractivity contribution in [1.82, 2.24) is 5.32 Å². The first-order valence-corrected chi connectivity index (χ1v) is 7.88. The third-order valence-corrected chi connectivity index (χ3v) is 5.20. The van der Waals surface area contributed by atoms with Crippen molar-refractivity contribution in [1.29, 1.82) is 0 Å². The quantitative estimate of drug-likeness (QED) is 0.770. The van der Waals surface area contributed by atoms with Crippen molar-refractivity contribution in [2.24, 2.45) is 5.41 Å². The second-order valence-corrected chi connectivity index (χ2v) is 6.11. The number of nitrogens with one attached hydrogen (secondary N) is 1. The van der Waals surface area contributed by atoms with Crippen LogP contribution in [0.2, 0.25) is 0 Å². The van der Waals surface area contributed by atoms with Gasteiger partial charge in [0, 0.05) is 18.0 Å². The van der Waals surface area contributed by atoms with Crippen LogP contribution in [0.5, 0.6) is 0 Å². The molecule has 19 heavy (non-hydrogen) atoms. The minimum absolute atomic E-state index is 0.0274. The van der Waals surface area contributed by atoms with E-state index in [2.05, 4.69) is 19.2 Å². The van der Waals surface area contributed by atoms with Crippen LogP contribution in [0, 0.1) is 5.41 Å². The van der Waals surface area contributed by atoms with Crippen LogP contribution in [0.3, 0.4) is 0 Å². The van der Waals surface area contributed by atoms with Gasteiger partial charge < -0.3 is 10.4 Å². The summed E-state index contributed by atoms with van der Waals surface area (Å²) in [6.45, 7) is 7.00. The van der Waals surface area contributed by atoms with E-state index in [1.807, 2.05) is 24.4 Å². The third-order valence-electron chi connectivity index (χ3n) is 4.14. The highest BCUT2D eigenvalue weighted by Gasteiger charge is 2.27. The number of thiophene rings is 1. The van der Waals surface area contributed by atoms with Gasteiger partial charge in [0.1, 0.15) is 0 Å². The van der Waals surface area contributed by atoms with Gasteiger partial charge in [0.05, 0.1) is 5.92 Å². The van der Waals surface area contributed by atoms with Crippen LogP contribution in [-0.2, 0) is 4.79 Å². The Morgan fingerprint density at radius 3 is 2.63 bits per heavy atom. The molecule has 0 aliphatic carbocycles. The van der Waals surface area contributed by atoms with Gasteiger partial charge in [0.2, 0.25) is 5.91 Å². The number of hydrogen-bond donors (Lipinski definition) is 2. The van der Waals surface area contributed by atoms with Gasteiger partial charge in [0.25, 0.3) is 0 Å². The fourth-order valence-corrected chi connectivity index (χ4v) is 3.06. The zero-order chi connectivity index (χ0) is 14.3. The molecule has 1 atom stereocenters. The summed E-state index contributed by atoms with van der Waals surface area (Å²) in [7, 11) is 0. The van der Waals surface area contributed by atoms with Crippen molar-refractivity contribution in [3.63, 3.8) is 0 Å². The zero-order valence-corrected chi connectivity index (χ0v) is 12.9. The monoisotopic (exact) mass is 283 g/mol. The molecule has 3 nitrogen and oxygen atoms in total. The van der Waals surface area contributed by atoms with Crippen LogP contribution in [-0.4, -0.2) is 24.2 Å². The smallest absolute Gasteiger partial charge is 0.228 e. The van der Waals surface area contributed by atoms with E-state index in [0.717, 1.165) is 24.1 Å². The Bertz CT molecular complexity index is 372. The molecule has 0 aliphatic rings. The molecule has 1 amide bonds. The van der Waals surface area contributed by atoms with Crippen molar-refractivity contribution in [2.75, 3.05) is 13.2 Å². The standard InChI is InChI=1S/C15H25NO2S/c1-4-15(5-2,8-9-17)11-16-14(18)12(3)13-7-6-10-19-13/h6-7,10,12,17H,4-5,8-9,11H2,1-3H3,(H,16,18). The predicted molar refractivity (Wildman–Crippen MR) is 80.5 cm³/mol. The molecular formula is C15H25NO2S. The molecule has 4 heteroatoms. The van der Waals surface area contributed by atoms with Gasteiger partial charge in [-0.05, 0) is 43.0 Å². The molecular weight excluding hydrogens is 258 g/mol. The molecule has 0 aromatic carbocycles. The third kappa shape index (κ3) is 4.32. The highest BCUT2D eigenvalue weighted by molar-refractivity contribution is 7.10. The highest BCUT2D eigenvalue weighted by atomic mass is 32.1.